The van der Waals surface area contributed by atoms with Gasteiger partial charge in [0.05, 0.1) is 11.7 Å². The number of ether oxygens (including phenoxy) is 1. The van der Waals surface area contributed by atoms with Crippen molar-refractivity contribution in [3.05, 3.63) is 29.8 Å². The molecule has 0 spiro atoms. The van der Waals surface area contributed by atoms with E-state index in [0.29, 0.717) is 6.61 Å². The second kappa shape index (κ2) is 5.82. The molecule has 2 unspecified atom stereocenters. The minimum Gasteiger partial charge on any atom is -0.382 e. The van der Waals surface area contributed by atoms with E-state index in [4.69, 9.17) is 4.74 Å². The fourth-order valence-electron chi connectivity index (χ4n) is 2.29. The summed E-state index contributed by atoms with van der Waals surface area (Å²) in [5, 5.41) is 3.28. The smallest absolute Gasteiger partial charge is 0.382 e. The number of benzene rings is 1. The third-order valence-electron chi connectivity index (χ3n) is 3.41. The van der Waals surface area contributed by atoms with Crippen LogP contribution < -0.4 is 5.32 Å². The van der Waals surface area contributed by atoms with E-state index in [2.05, 4.69) is 12.2 Å². The van der Waals surface area contributed by atoms with Crippen LogP contribution in [0.3, 0.4) is 0 Å². The number of rotatable bonds is 3. The molecule has 1 aromatic rings. The van der Waals surface area contributed by atoms with Gasteiger partial charge in [0, 0.05) is 18.3 Å². The summed E-state index contributed by atoms with van der Waals surface area (Å²) in [6.45, 7) is 2.78. The molecule has 106 valence electrons. The van der Waals surface area contributed by atoms with Crippen molar-refractivity contribution in [2.24, 2.45) is 0 Å². The summed E-state index contributed by atoms with van der Waals surface area (Å²) in [5.74, 6) is 0. The molecule has 1 aliphatic heterocycles. The van der Waals surface area contributed by atoms with Crippen LogP contribution in [-0.2, 0) is 10.9 Å². The van der Waals surface area contributed by atoms with Crippen molar-refractivity contribution in [3.63, 3.8) is 0 Å². The highest BCUT2D eigenvalue weighted by molar-refractivity contribution is 5.46. The van der Waals surface area contributed by atoms with Gasteiger partial charge in [-0.05, 0) is 43.5 Å². The van der Waals surface area contributed by atoms with Gasteiger partial charge in [-0.15, -0.1) is 0 Å². The highest BCUT2D eigenvalue weighted by Crippen LogP contribution is 2.30. The van der Waals surface area contributed by atoms with E-state index in [-0.39, 0.29) is 12.1 Å². The molecule has 0 aliphatic carbocycles. The Hall–Kier alpha value is -1.23. The molecule has 0 aromatic heterocycles. The average molecular weight is 273 g/mol. The number of anilines is 1. The molecular weight excluding hydrogens is 255 g/mol. The van der Waals surface area contributed by atoms with Gasteiger partial charge in [-0.3, -0.25) is 0 Å². The van der Waals surface area contributed by atoms with Crippen LogP contribution in [0.4, 0.5) is 18.9 Å². The monoisotopic (exact) mass is 273 g/mol. The summed E-state index contributed by atoms with van der Waals surface area (Å²) in [6, 6.07) is 5.46. The van der Waals surface area contributed by atoms with Crippen molar-refractivity contribution in [1.82, 2.24) is 0 Å². The maximum atomic E-state index is 12.4. The first-order valence-corrected chi connectivity index (χ1v) is 6.54. The predicted octanol–water partition coefficient (Wildman–Crippen LogP) is 4.07. The summed E-state index contributed by atoms with van der Waals surface area (Å²) >= 11 is 0. The second-order valence-corrected chi connectivity index (χ2v) is 4.84. The molecule has 19 heavy (non-hydrogen) atoms. The van der Waals surface area contributed by atoms with Crippen molar-refractivity contribution in [2.45, 2.75) is 44.5 Å². The van der Waals surface area contributed by atoms with E-state index >= 15 is 0 Å². The molecule has 0 amide bonds. The molecule has 1 heterocycles. The van der Waals surface area contributed by atoms with Crippen LogP contribution in [-0.4, -0.2) is 18.8 Å². The molecule has 1 fully saturated rings. The van der Waals surface area contributed by atoms with Crippen molar-refractivity contribution >= 4 is 5.69 Å². The Morgan fingerprint density at radius 1 is 1.26 bits per heavy atom. The van der Waals surface area contributed by atoms with Gasteiger partial charge in [0.15, 0.2) is 0 Å². The van der Waals surface area contributed by atoms with Gasteiger partial charge in [-0.2, -0.15) is 13.2 Å². The van der Waals surface area contributed by atoms with Crippen molar-refractivity contribution in [1.29, 1.82) is 0 Å². The summed E-state index contributed by atoms with van der Waals surface area (Å²) in [4.78, 5) is 0. The molecule has 0 bridgehead atoms. The Labute approximate surface area is 111 Å². The first kappa shape index (κ1) is 14.2. The lowest BCUT2D eigenvalue weighted by atomic mass is 10.0. The first-order chi connectivity index (χ1) is 8.99. The largest absolute Gasteiger partial charge is 0.416 e. The van der Waals surface area contributed by atoms with Crippen LogP contribution in [0.2, 0.25) is 0 Å². The standard InChI is InChI=1S/C14H18F3NO/c1-2-13-9-12(7-8-19-13)18-11-5-3-10(4-6-11)14(15,16)17/h3-6,12-13,18H,2,7-9H2,1H3. The molecule has 5 heteroatoms. The Kier molecular flexibility index (Phi) is 4.34. The summed E-state index contributed by atoms with van der Waals surface area (Å²) in [5.41, 5.74) is 0.117. The lowest BCUT2D eigenvalue weighted by Gasteiger charge is -2.30. The van der Waals surface area contributed by atoms with E-state index in [1.54, 1.807) is 0 Å². The topological polar surface area (TPSA) is 21.3 Å². The van der Waals surface area contributed by atoms with Gasteiger partial charge >= 0.3 is 6.18 Å². The van der Waals surface area contributed by atoms with Crippen molar-refractivity contribution in [2.75, 3.05) is 11.9 Å². The maximum Gasteiger partial charge on any atom is 0.416 e. The lowest BCUT2D eigenvalue weighted by Crippen LogP contribution is -2.33. The Bertz CT molecular complexity index is 402. The van der Waals surface area contributed by atoms with Gasteiger partial charge < -0.3 is 10.1 Å². The van der Waals surface area contributed by atoms with Gasteiger partial charge in [0.1, 0.15) is 0 Å². The molecule has 2 rings (SSSR count). The zero-order valence-corrected chi connectivity index (χ0v) is 10.8. The summed E-state index contributed by atoms with van der Waals surface area (Å²) in [6.07, 6.45) is -1.27. The van der Waals surface area contributed by atoms with Crippen molar-refractivity contribution in [3.8, 4) is 0 Å². The van der Waals surface area contributed by atoms with Gasteiger partial charge in [0.2, 0.25) is 0 Å². The minimum absolute atomic E-state index is 0.251. The van der Waals surface area contributed by atoms with E-state index in [0.717, 1.165) is 37.1 Å². The van der Waals surface area contributed by atoms with E-state index in [1.165, 1.54) is 12.1 Å². The highest BCUT2D eigenvalue weighted by Gasteiger charge is 2.30. The molecule has 1 aliphatic rings. The van der Waals surface area contributed by atoms with Gasteiger partial charge in [0.25, 0.3) is 0 Å². The minimum atomic E-state index is -4.27. The van der Waals surface area contributed by atoms with E-state index in [9.17, 15) is 13.2 Å². The number of alkyl halides is 3. The molecule has 2 nitrogen and oxygen atoms in total. The molecule has 1 aromatic carbocycles. The van der Waals surface area contributed by atoms with Crippen molar-refractivity contribution < 1.29 is 17.9 Å². The van der Waals surface area contributed by atoms with E-state index < -0.39 is 11.7 Å². The summed E-state index contributed by atoms with van der Waals surface area (Å²) in [7, 11) is 0. The Morgan fingerprint density at radius 2 is 1.95 bits per heavy atom. The molecule has 1 N–H and O–H groups in total. The number of hydrogen-bond acceptors (Lipinski definition) is 2. The van der Waals surface area contributed by atoms with Gasteiger partial charge in [-0.25, -0.2) is 0 Å². The molecular formula is C14H18F3NO. The predicted molar refractivity (Wildman–Crippen MR) is 68.1 cm³/mol. The third-order valence-corrected chi connectivity index (χ3v) is 3.41. The van der Waals surface area contributed by atoms with E-state index in [1.807, 2.05) is 0 Å². The molecule has 0 saturated carbocycles. The zero-order valence-electron chi connectivity index (χ0n) is 10.8. The van der Waals surface area contributed by atoms with Crippen LogP contribution in [0.25, 0.3) is 0 Å². The fraction of sp³-hybridized carbons (Fsp3) is 0.571. The van der Waals surface area contributed by atoms with Crippen LogP contribution in [0, 0.1) is 0 Å². The van der Waals surface area contributed by atoms with Crippen LogP contribution in [0.1, 0.15) is 31.7 Å². The molecule has 1 saturated heterocycles. The second-order valence-electron chi connectivity index (χ2n) is 4.84. The molecule has 0 radical (unpaired) electrons. The van der Waals surface area contributed by atoms with Crippen LogP contribution in [0.15, 0.2) is 24.3 Å². The zero-order chi connectivity index (χ0) is 13.9. The average Bonchev–Trinajstić information content (AvgIpc) is 2.38. The fourth-order valence-corrected chi connectivity index (χ4v) is 2.29. The quantitative estimate of drug-likeness (QED) is 0.896. The van der Waals surface area contributed by atoms with Crippen LogP contribution in [0.5, 0.6) is 0 Å². The lowest BCUT2D eigenvalue weighted by molar-refractivity contribution is -0.137. The Balaban J connectivity index is 1.96. The Morgan fingerprint density at radius 3 is 2.53 bits per heavy atom. The summed E-state index contributed by atoms with van der Waals surface area (Å²) < 4.78 is 42.9. The number of halogens is 3. The third kappa shape index (κ3) is 3.86. The maximum absolute atomic E-state index is 12.4. The number of hydrogen-bond donors (Lipinski definition) is 1. The number of nitrogens with one attached hydrogen (secondary N) is 1. The SMILES string of the molecule is CCC1CC(Nc2ccc(C(F)(F)F)cc2)CCO1. The normalized spacial score (nSPS) is 24.2. The first-order valence-electron chi connectivity index (χ1n) is 6.54. The van der Waals surface area contributed by atoms with Crippen LogP contribution >= 0.6 is 0 Å². The van der Waals surface area contributed by atoms with Gasteiger partial charge in [-0.1, -0.05) is 6.92 Å². The molecule has 2 atom stereocenters. The highest BCUT2D eigenvalue weighted by atomic mass is 19.4.